The molecule has 3 aliphatic carbocycles. The first-order valence-corrected chi connectivity index (χ1v) is 12.9. The Balaban J connectivity index is 1.83. The molecule has 0 aliphatic heterocycles. The maximum Gasteiger partial charge on any atom is 0.255 e. The van der Waals surface area contributed by atoms with Gasteiger partial charge in [-0.1, -0.05) is 20.8 Å². The number of Topliss-reactive ketones (excluding diaryl/α,β-unsaturated/α-hetero) is 2. The highest BCUT2D eigenvalue weighted by molar-refractivity contribution is 6.24. The average Bonchev–Trinajstić information content (AvgIpc) is 2.81. The van der Waals surface area contributed by atoms with E-state index in [0.717, 1.165) is 6.07 Å². The van der Waals surface area contributed by atoms with Crippen LogP contribution in [0.2, 0.25) is 0 Å². The number of hydrogen-bond donors (Lipinski definition) is 6. The molecule has 1 aromatic rings. The number of likely N-dealkylation sites (N-methyl/N-ethyl adjacent to an activating group) is 1. The fourth-order valence-electron chi connectivity index (χ4n) is 6.05. The lowest BCUT2D eigenvalue weighted by Gasteiger charge is -2.50. The standard InChI is InChI=1S/C28H36FN3O7/c1-11(27(2,3)4)31-10-13-9-16(33)18-14(20(13)29)7-12-8-15-21(32(5)6)23(35)19(26(30)38)25(37)28(15,39)24(36)17(12)22(18)34/h9,11-12,15,21,31,33,35-36,39H,7-8,10H2,1-6H3,(H2,30,38)/t11-,12+,15+,21+,28+/m1/s1. The maximum atomic E-state index is 15.8. The maximum absolute atomic E-state index is 15.8. The quantitative estimate of drug-likeness (QED) is 0.302. The number of aromatic hydroxyl groups is 1. The van der Waals surface area contributed by atoms with Crippen molar-refractivity contribution in [2.45, 2.75) is 64.8 Å². The molecule has 1 amide bonds. The smallest absolute Gasteiger partial charge is 0.255 e. The third-order valence-corrected chi connectivity index (χ3v) is 8.63. The minimum atomic E-state index is -2.73. The van der Waals surface area contributed by atoms with Crippen molar-refractivity contribution in [3.05, 3.63) is 51.2 Å². The number of fused-ring (bicyclic) bond motifs is 3. The van der Waals surface area contributed by atoms with Crippen LogP contribution in [-0.4, -0.2) is 74.6 Å². The zero-order valence-electron chi connectivity index (χ0n) is 22.9. The molecule has 1 aromatic carbocycles. The molecule has 10 nitrogen and oxygen atoms in total. The van der Waals surface area contributed by atoms with E-state index in [0.29, 0.717) is 0 Å². The van der Waals surface area contributed by atoms with E-state index in [1.54, 1.807) is 14.1 Å². The third kappa shape index (κ3) is 4.23. The summed E-state index contributed by atoms with van der Waals surface area (Å²) in [4.78, 5) is 40.4. The summed E-state index contributed by atoms with van der Waals surface area (Å²) in [6.07, 6.45) is -0.202. The van der Waals surface area contributed by atoms with Gasteiger partial charge in [0.05, 0.1) is 11.6 Å². The molecular formula is C28H36FN3O7. The van der Waals surface area contributed by atoms with Gasteiger partial charge in [-0.2, -0.15) is 0 Å². The number of nitrogens with two attached hydrogens (primary N) is 1. The van der Waals surface area contributed by atoms with Crippen molar-refractivity contribution in [3.8, 4) is 5.75 Å². The number of primary amides is 1. The molecule has 0 bridgehead atoms. The molecule has 0 fully saturated rings. The van der Waals surface area contributed by atoms with Gasteiger partial charge in [0.1, 0.15) is 28.7 Å². The summed E-state index contributed by atoms with van der Waals surface area (Å²) in [7, 11) is 3.09. The highest BCUT2D eigenvalue weighted by Gasteiger charge is 2.63. The summed E-state index contributed by atoms with van der Waals surface area (Å²) in [5.41, 5.74) is 1.10. The number of rotatable bonds is 5. The number of nitrogens with zero attached hydrogens (tertiary/aromatic N) is 1. The van der Waals surface area contributed by atoms with Crippen LogP contribution in [0.15, 0.2) is 28.7 Å². The fraction of sp³-hybridized carbons (Fsp3) is 0.536. The molecule has 0 saturated heterocycles. The van der Waals surface area contributed by atoms with Crippen LogP contribution in [0.1, 0.15) is 55.6 Å². The van der Waals surface area contributed by atoms with Crippen LogP contribution in [0, 0.1) is 23.1 Å². The molecule has 0 aromatic heterocycles. The van der Waals surface area contributed by atoms with E-state index in [9.17, 15) is 34.8 Å². The highest BCUT2D eigenvalue weighted by Crippen LogP contribution is 2.52. The zero-order chi connectivity index (χ0) is 29.4. The number of amides is 1. The SMILES string of the molecule is C[C@@H](NCc1cc(O)c2c(c1F)C[C@H]1C[C@H]3[C@H](N(C)C)C(O)=C(C(N)=O)C(=O)[C@@]3(O)C(O)=C1C2=O)C(C)(C)C. The molecule has 7 N–H and O–H groups in total. The molecular weight excluding hydrogens is 509 g/mol. The van der Waals surface area contributed by atoms with Crippen molar-refractivity contribution in [2.75, 3.05) is 14.1 Å². The molecule has 0 heterocycles. The minimum Gasteiger partial charge on any atom is -0.510 e. The molecule has 4 rings (SSSR count). The van der Waals surface area contributed by atoms with E-state index in [2.05, 4.69) is 5.32 Å². The normalized spacial score (nSPS) is 27.9. The Labute approximate surface area is 226 Å². The summed E-state index contributed by atoms with van der Waals surface area (Å²) < 4.78 is 15.8. The molecule has 0 spiro atoms. The minimum absolute atomic E-state index is 0.0112. The highest BCUT2D eigenvalue weighted by atomic mass is 19.1. The molecule has 11 heteroatoms. The van der Waals surface area contributed by atoms with Gasteiger partial charge in [0, 0.05) is 35.2 Å². The van der Waals surface area contributed by atoms with Crippen LogP contribution < -0.4 is 11.1 Å². The molecule has 3 aliphatic rings. The van der Waals surface area contributed by atoms with Gasteiger partial charge in [0.25, 0.3) is 5.91 Å². The number of aliphatic hydroxyl groups excluding tert-OH is 2. The predicted octanol–water partition coefficient (Wildman–Crippen LogP) is 1.78. The van der Waals surface area contributed by atoms with Crippen LogP contribution in [0.3, 0.4) is 0 Å². The van der Waals surface area contributed by atoms with Gasteiger partial charge in [-0.25, -0.2) is 4.39 Å². The number of allylic oxidation sites excluding steroid dienone is 1. The second kappa shape index (κ2) is 9.42. The van der Waals surface area contributed by atoms with Crippen molar-refractivity contribution >= 4 is 17.5 Å². The second-order valence-corrected chi connectivity index (χ2v) is 12.2. The van der Waals surface area contributed by atoms with Crippen LogP contribution in [0.5, 0.6) is 5.75 Å². The first-order chi connectivity index (χ1) is 17.9. The number of benzene rings is 1. The first-order valence-electron chi connectivity index (χ1n) is 12.9. The zero-order valence-corrected chi connectivity index (χ0v) is 22.9. The molecule has 0 saturated carbocycles. The molecule has 39 heavy (non-hydrogen) atoms. The van der Waals surface area contributed by atoms with Crippen molar-refractivity contribution in [1.29, 1.82) is 0 Å². The van der Waals surface area contributed by atoms with E-state index < -0.39 is 69.6 Å². The van der Waals surface area contributed by atoms with E-state index in [4.69, 9.17) is 5.73 Å². The van der Waals surface area contributed by atoms with Gasteiger partial charge in [0.2, 0.25) is 5.78 Å². The average molecular weight is 546 g/mol. The lowest BCUT2D eigenvalue weighted by molar-refractivity contribution is -0.148. The second-order valence-electron chi connectivity index (χ2n) is 12.2. The summed E-state index contributed by atoms with van der Waals surface area (Å²) in [5, 5.41) is 47.7. The van der Waals surface area contributed by atoms with E-state index in [1.165, 1.54) is 4.90 Å². The van der Waals surface area contributed by atoms with Crippen molar-refractivity contribution in [1.82, 2.24) is 10.2 Å². The monoisotopic (exact) mass is 545 g/mol. The van der Waals surface area contributed by atoms with Gasteiger partial charge < -0.3 is 31.5 Å². The van der Waals surface area contributed by atoms with Crippen molar-refractivity contribution < 1.29 is 39.2 Å². The number of ketones is 2. The lowest BCUT2D eigenvalue weighted by atomic mass is 9.58. The predicted molar refractivity (Wildman–Crippen MR) is 139 cm³/mol. The number of halogens is 1. The summed E-state index contributed by atoms with van der Waals surface area (Å²) >= 11 is 0. The number of aliphatic hydroxyl groups is 3. The third-order valence-electron chi connectivity index (χ3n) is 8.63. The van der Waals surface area contributed by atoms with Crippen LogP contribution >= 0.6 is 0 Å². The van der Waals surface area contributed by atoms with Crippen molar-refractivity contribution in [3.63, 3.8) is 0 Å². The topological polar surface area (TPSA) is 173 Å². The van der Waals surface area contributed by atoms with E-state index in [1.807, 2.05) is 27.7 Å². The number of carbonyl (C=O) groups excluding carboxylic acids is 3. The van der Waals surface area contributed by atoms with Gasteiger partial charge in [0.15, 0.2) is 11.4 Å². The first kappa shape index (κ1) is 28.7. The van der Waals surface area contributed by atoms with Gasteiger partial charge in [-0.05, 0) is 51.3 Å². The fourth-order valence-corrected chi connectivity index (χ4v) is 6.05. The summed E-state index contributed by atoms with van der Waals surface area (Å²) in [6, 6.07) is 0.0621. The number of hydrogen-bond acceptors (Lipinski definition) is 9. The van der Waals surface area contributed by atoms with Crippen LogP contribution in [0.25, 0.3) is 0 Å². The Kier molecular flexibility index (Phi) is 6.94. The number of phenolic OH excluding ortho intramolecular Hbond substituents is 1. The van der Waals surface area contributed by atoms with Crippen molar-refractivity contribution in [2.24, 2.45) is 23.0 Å². The Morgan fingerprint density at radius 2 is 1.87 bits per heavy atom. The summed E-state index contributed by atoms with van der Waals surface area (Å²) in [5.74, 6) is -8.31. The van der Waals surface area contributed by atoms with Gasteiger partial charge in [-0.3, -0.25) is 19.3 Å². The molecule has 212 valence electrons. The Morgan fingerprint density at radius 1 is 1.26 bits per heavy atom. The number of carbonyl (C=O) groups is 3. The molecule has 0 unspecified atom stereocenters. The van der Waals surface area contributed by atoms with E-state index in [-0.39, 0.29) is 53.1 Å². The Hall–Kier alpha value is -3.28. The summed E-state index contributed by atoms with van der Waals surface area (Å²) in [6.45, 7) is 8.16. The van der Waals surface area contributed by atoms with Gasteiger partial charge >= 0.3 is 0 Å². The Morgan fingerprint density at radius 3 is 2.41 bits per heavy atom. The molecule has 0 radical (unpaired) electrons. The Bertz CT molecular complexity index is 1340. The lowest BCUT2D eigenvalue weighted by Crippen LogP contribution is -2.63. The number of nitrogens with one attached hydrogen (secondary N) is 1. The van der Waals surface area contributed by atoms with E-state index >= 15 is 4.39 Å². The molecule has 5 atom stereocenters. The van der Waals surface area contributed by atoms with Crippen LogP contribution in [-0.2, 0) is 22.6 Å². The largest absolute Gasteiger partial charge is 0.510 e. The van der Waals surface area contributed by atoms with Gasteiger partial charge in [-0.15, -0.1) is 0 Å². The van der Waals surface area contributed by atoms with Crippen LogP contribution in [0.4, 0.5) is 4.39 Å². The number of phenols is 1.